The molecule has 0 saturated heterocycles. The van der Waals surface area contributed by atoms with Crippen molar-refractivity contribution in [3.63, 3.8) is 0 Å². The zero-order valence-corrected chi connectivity index (χ0v) is 14.2. The van der Waals surface area contributed by atoms with Gasteiger partial charge in [0.25, 0.3) is 0 Å². The molecule has 0 fully saturated rings. The van der Waals surface area contributed by atoms with Crippen molar-refractivity contribution in [3.8, 4) is 11.5 Å². The molecular weight excluding hydrogens is 288 g/mol. The molecule has 0 unspecified atom stereocenters. The summed E-state index contributed by atoms with van der Waals surface area (Å²) in [6.07, 6.45) is 1.52. The number of benzene rings is 2. The highest BCUT2D eigenvalue weighted by Gasteiger charge is 2.49. The molecule has 3 heteroatoms. The van der Waals surface area contributed by atoms with Crippen LogP contribution in [0.25, 0.3) is 0 Å². The van der Waals surface area contributed by atoms with Gasteiger partial charge in [-0.25, -0.2) is 0 Å². The van der Waals surface area contributed by atoms with Crippen LogP contribution in [-0.2, 0) is 17.4 Å². The second kappa shape index (κ2) is 5.57. The van der Waals surface area contributed by atoms with Crippen molar-refractivity contribution in [2.24, 2.45) is 0 Å². The number of ether oxygens (including phenoxy) is 2. The Morgan fingerprint density at radius 2 is 1.52 bits per heavy atom. The average Bonchev–Trinajstić information content (AvgIpc) is 2.58. The molecule has 0 heterocycles. The summed E-state index contributed by atoms with van der Waals surface area (Å²) in [6, 6.07) is 13.9. The lowest BCUT2D eigenvalue weighted by Crippen LogP contribution is -2.48. The van der Waals surface area contributed by atoms with Gasteiger partial charge < -0.3 is 14.6 Å². The van der Waals surface area contributed by atoms with Crippen molar-refractivity contribution in [2.75, 3.05) is 14.2 Å². The van der Waals surface area contributed by atoms with Gasteiger partial charge in [0.1, 0.15) is 11.5 Å². The number of fused-ring (bicyclic) bond motifs is 1. The van der Waals surface area contributed by atoms with Gasteiger partial charge in [-0.15, -0.1) is 0 Å². The topological polar surface area (TPSA) is 38.7 Å². The number of rotatable bonds is 3. The highest BCUT2D eigenvalue weighted by Crippen LogP contribution is 2.50. The first kappa shape index (κ1) is 15.9. The maximum atomic E-state index is 11.5. The zero-order chi connectivity index (χ0) is 16.7. The lowest BCUT2D eigenvalue weighted by Gasteiger charge is -2.48. The maximum absolute atomic E-state index is 11.5. The van der Waals surface area contributed by atoms with Crippen LogP contribution in [0.2, 0.25) is 0 Å². The van der Waals surface area contributed by atoms with Gasteiger partial charge in [-0.3, -0.25) is 0 Å². The first-order chi connectivity index (χ1) is 10.9. The minimum Gasteiger partial charge on any atom is -0.497 e. The molecule has 0 amide bonds. The molecule has 1 N–H and O–H groups in total. The van der Waals surface area contributed by atoms with E-state index >= 15 is 0 Å². The fourth-order valence-electron chi connectivity index (χ4n) is 3.74. The molecular formula is C20H24O3. The van der Waals surface area contributed by atoms with Crippen LogP contribution in [0.5, 0.6) is 11.5 Å². The van der Waals surface area contributed by atoms with Crippen LogP contribution in [0.3, 0.4) is 0 Å². The summed E-state index contributed by atoms with van der Waals surface area (Å²) in [6.45, 7) is 4.23. The summed E-state index contributed by atoms with van der Waals surface area (Å²) in [5.74, 6) is 1.67. The fourth-order valence-corrected chi connectivity index (χ4v) is 3.74. The lowest BCUT2D eigenvalue weighted by molar-refractivity contribution is -0.0465. The first-order valence-corrected chi connectivity index (χ1v) is 7.96. The molecule has 0 bridgehead atoms. The van der Waals surface area contributed by atoms with E-state index in [9.17, 15) is 5.11 Å². The Morgan fingerprint density at radius 3 is 2.13 bits per heavy atom. The van der Waals surface area contributed by atoms with Gasteiger partial charge in [-0.2, -0.15) is 0 Å². The molecule has 23 heavy (non-hydrogen) atoms. The van der Waals surface area contributed by atoms with Crippen LogP contribution in [-0.4, -0.2) is 19.3 Å². The number of methoxy groups -OCH3 is 2. The highest BCUT2D eigenvalue weighted by molar-refractivity contribution is 5.47. The Morgan fingerprint density at radius 1 is 0.913 bits per heavy atom. The van der Waals surface area contributed by atoms with Crippen LogP contribution >= 0.6 is 0 Å². The number of hydrogen-bond acceptors (Lipinski definition) is 3. The van der Waals surface area contributed by atoms with Crippen LogP contribution < -0.4 is 9.47 Å². The Bertz CT molecular complexity index is 703. The number of aliphatic hydroxyl groups is 1. The number of aryl methyl sites for hydroxylation is 1. The molecule has 122 valence electrons. The minimum absolute atomic E-state index is 0.387. The van der Waals surface area contributed by atoms with E-state index in [0.29, 0.717) is 6.42 Å². The average molecular weight is 312 g/mol. The van der Waals surface area contributed by atoms with Gasteiger partial charge in [0, 0.05) is 5.41 Å². The predicted molar refractivity (Wildman–Crippen MR) is 91.2 cm³/mol. The van der Waals surface area contributed by atoms with Gasteiger partial charge in [-0.1, -0.05) is 32.0 Å². The van der Waals surface area contributed by atoms with Crippen molar-refractivity contribution in [1.29, 1.82) is 0 Å². The third-order valence-corrected chi connectivity index (χ3v) is 5.34. The molecule has 0 saturated carbocycles. The molecule has 0 spiro atoms. The summed E-state index contributed by atoms with van der Waals surface area (Å²) in [5, 5.41) is 11.5. The SMILES string of the molecule is COc1ccc([C@]2(O)CCc3cc(OC)ccc3C2(C)C)cc1. The second-order valence-corrected chi connectivity index (χ2v) is 6.74. The molecule has 0 aliphatic heterocycles. The molecule has 1 aliphatic rings. The van der Waals surface area contributed by atoms with Gasteiger partial charge in [-0.05, 0) is 53.8 Å². The fraction of sp³-hybridized carbons (Fsp3) is 0.400. The summed E-state index contributed by atoms with van der Waals surface area (Å²) in [4.78, 5) is 0. The van der Waals surface area contributed by atoms with Crippen molar-refractivity contribution < 1.29 is 14.6 Å². The van der Waals surface area contributed by atoms with Crippen LogP contribution in [0, 0.1) is 0 Å². The summed E-state index contributed by atoms with van der Waals surface area (Å²) in [7, 11) is 3.33. The van der Waals surface area contributed by atoms with Crippen molar-refractivity contribution in [1.82, 2.24) is 0 Å². The molecule has 3 nitrogen and oxygen atoms in total. The third kappa shape index (κ3) is 2.40. The van der Waals surface area contributed by atoms with E-state index in [4.69, 9.17) is 9.47 Å². The van der Waals surface area contributed by atoms with E-state index in [0.717, 1.165) is 23.5 Å². The molecule has 0 radical (unpaired) electrons. The largest absolute Gasteiger partial charge is 0.497 e. The molecule has 2 aromatic rings. The smallest absolute Gasteiger partial charge is 0.119 e. The molecule has 1 atom stereocenters. The van der Waals surface area contributed by atoms with Crippen molar-refractivity contribution in [2.45, 2.75) is 37.7 Å². The summed E-state index contributed by atoms with van der Waals surface area (Å²) >= 11 is 0. The van der Waals surface area contributed by atoms with E-state index < -0.39 is 5.60 Å². The molecule has 1 aliphatic carbocycles. The quantitative estimate of drug-likeness (QED) is 0.936. The van der Waals surface area contributed by atoms with Gasteiger partial charge in [0.2, 0.25) is 0 Å². The third-order valence-electron chi connectivity index (χ3n) is 5.34. The minimum atomic E-state index is -0.902. The van der Waals surface area contributed by atoms with E-state index in [1.807, 2.05) is 30.3 Å². The Balaban J connectivity index is 2.06. The Hall–Kier alpha value is -2.00. The number of hydrogen-bond donors (Lipinski definition) is 1. The summed E-state index contributed by atoms with van der Waals surface area (Å²) < 4.78 is 10.6. The van der Waals surface area contributed by atoms with Crippen LogP contribution in [0.1, 0.15) is 37.0 Å². The van der Waals surface area contributed by atoms with Crippen LogP contribution in [0.4, 0.5) is 0 Å². The van der Waals surface area contributed by atoms with E-state index in [1.54, 1.807) is 14.2 Å². The monoisotopic (exact) mass is 312 g/mol. The van der Waals surface area contributed by atoms with Crippen molar-refractivity contribution in [3.05, 3.63) is 59.2 Å². The van der Waals surface area contributed by atoms with E-state index in [-0.39, 0.29) is 5.41 Å². The second-order valence-electron chi connectivity index (χ2n) is 6.74. The molecule has 0 aromatic heterocycles. The van der Waals surface area contributed by atoms with E-state index in [2.05, 4.69) is 26.0 Å². The van der Waals surface area contributed by atoms with Gasteiger partial charge >= 0.3 is 0 Å². The first-order valence-electron chi connectivity index (χ1n) is 7.96. The standard InChI is InChI=1S/C20H24O3/c1-19(2)18-10-9-17(23-4)13-14(18)11-12-20(19,21)15-5-7-16(22-3)8-6-15/h5-10,13,21H,11-12H2,1-4H3/t20-/m1/s1. The maximum Gasteiger partial charge on any atom is 0.119 e. The van der Waals surface area contributed by atoms with Crippen LogP contribution in [0.15, 0.2) is 42.5 Å². The predicted octanol–water partition coefficient (Wildman–Crippen LogP) is 3.82. The van der Waals surface area contributed by atoms with Gasteiger partial charge in [0.05, 0.1) is 19.8 Å². The zero-order valence-electron chi connectivity index (χ0n) is 14.2. The molecule has 3 rings (SSSR count). The molecule has 2 aromatic carbocycles. The normalized spacial score (nSPS) is 22.3. The van der Waals surface area contributed by atoms with E-state index in [1.165, 1.54) is 11.1 Å². The Labute approximate surface area is 137 Å². The van der Waals surface area contributed by atoms with Gasteiger partial charge in [0.15, 0.2) is 0 Å². The summed E-state index contributed by atoms with van der Waals surface area (Å²) in [5.41, 5.74) is 2.09. The van der Waals surface area contributed by atoms with Crippen molar-refractivity contribution >= 4 is 0 Å². The highest BCUT2D eigenvalue weighted by atomic mass is 16.5. The lowest BCUT2D eigenvalue weighted by atomic mass is 9.60. The Kier molecular flexibility index (Phi) is 3.85.